The van der Waals surface area contributed by atoms with Crippen molar-refractivity contribution in [1.82, 2.24) is 10.6 Å². The molecule has 1 aliphatic carbocycles. The number of allylic oxidation sites excluding steroid dienone is 1. The normalized spacial score (nSPS) is 26.4. The molecule has 2 aliphatic rings. The summed E-state index contributed by atoms with van der Waals surface area (Å²) in [7, 11) is 0. The van der Waals surface area contributed by atoms with Crippen molar-refractivity contribution in [3.63, 3.8) is 0 Å². The molecule has 3 rings (SSSR count). The summed E-state index contributed by atoms with van der Waals surface area (Å²) in [5, 5.41) is 14.1. The van der Waals surface area contributed by atoms with E-state index in [-0.39, 0.29) is 23.9 Å². The van der Waals surface area contributed by atoms with Gasteiger partial charge in [0.05, 0.1) is 11.7 Å². The molecule has 0 saturated heterocycles. The first-order chi connectivity index (χ1) is 10.3. The van der Waals surface area contributed by atoms with Gasteiger partial charge in [-0.25, -0.2) is 0 Å². The van der Waals surface area contributed by atoms with Gasteiger partial charge in [0.25, 0.3) is 0 Å². The molecular formula is C16H16N4O. The molecule has 1 saturated carbocycles. The standard InChI is InChI=1S/C16H16N4O/c17-10-19-13-6-12(7-13)16(21)20-14-8-15(18-9-14)11-4-2-1-3-5-11/h1-5,8-9,12-13,15,19H,6-7H2,(H,20,21)/t12-,13-,15?. The maximum Gasteiger partial charge on any atom is 0.227 e. The van der Waals surface area contributed by atoms with Crippen molar-refractivity contribution in [1.29, 1.82) is 5.26 Å². The van der Waals surface area contributed by atoms with Gasteiger partial charge in [0.1, 0.15) is 0 Å². The van der Waals surface area contributed by atoms with Gasteiger partial charge in [-0.05, 0) is 24.5 Å². The van der Waals surface area contributed by atoms with Crippen molar-refractivity contribution in [2.24, 2.45) is 10.9 Å². The summed E-state index contributed by atoms with van der Waals surface area (Å²) in [6.45, 7) is 0. The van der Waals surface area contributed by atoms with Gasteiger partial charge < -0.3 is 10.6 Å². The number of carbonyl (C=O) groups excluding carboxylic acids is 1. The molecule has 1 aromatic carbocycles. The highest BCUT2D eigenvalue weighted by atomic mass is 16.1. The maximum absolute atomic E-state index is 12.0. The minimum absolute atomic E-state index is 0.0115. The molecule has 1 aliphatic heterocycles. The quantitative estimate of drug-likeness (QED) is 0.650. The van der Waals surface area contributed by atoms with E-state index in [0.717, 1.165) is 11.3 Å². The number of rotatable bonds is 4. The fraction of sp³-hybridized carbons (Fsp3) is 0.312. The predicted molar refractivity (Wildman–Crippen MR) is 79.2 cm³/mol. The topological polar surface area (TPSA) is 77.3 Å². The van der Waals surface area contributed by atoms with Crippen molar-refractivity contribution in [3.8, 4) is 6.19 Å². The molecule has 1 unspecified atom stereocenters. The fourth-order valence-electron chi connectivity index (χ4n) is 2.61. The van der Waals surface area contributed by atoms with Crippen LogP contribution in [0, 0.1) is 17.4 Å². The van der Waals surface area contributed by atoms with Crippen molar-refractivity contribution >= 4 is 12.1 Å². The van der Waals surface area contributed by atoms with E-state index in [1.807, 2.05) is 42.6 Å². The molecule has 5 heteroatoms. The Morgan fingerprint density at radius 2 is 2.05 bits per heavy atom. The largest absolute Gasteiger partial charge is 0.325 e. The highest BCUT2D eigenvalue weighted by Crippen LogP contribution is 2.28. The zero-order valence-corrected chi connectivity index (χ0v) is 11.5. The van der Waals surface area contributed by atoms with Gasteiger partial charge in [-0.2, -0.15) is 5.26 Å². The van der Waals surface area contributed by atoms with E-state index >= 15 is 0 Å². The van der Waals surface area contributed by atoms with E-state index in [0.29, 0.717) is 12.8 Å². The van der Waals surface area contributed by atoms with E-state index in [4.69, 9.17) is 5.26 Å². The summed E-state index contributed by atoms with van der Waals surface area (Å²) >= 11 is 0. The Morgan fingerprint density at radius 1 is 1.29 bits per heavy atom. The van der Waals surface area contributed by atoms with Crippen molar-refractivity contribution in [2.75, 3.05) is 0 Å². The Kier molecular flexibility index (Phi) is 3.69. The zero-order valence-electron chi connectivity index (χ0n) is 11.5. The molecule has 1 fully saturated rings. The van der Waals surface area contributed by atoms with Gasteiger partial charge in [0, 0.05) is 18.2 Å². The van der Waals surface area contributed by atoms with E-state index in [1.54, 1.807) is 6.21 Å². The summed E-state index contributed by atoms with van der Waals surface area (Å²) < 4.78 is 0. The number of aliphatic imine (C=N–C) groups is 1. The fourth-order valence-corrected chi connectivity index (χ4v) is 2.61. The van der Waals surface area contributed by atoms with E-state index in [9.17, 15) is 4.79 Å². The number of hydrogen-bond donors (Lipinski definition) is 2. The number of hydrogen-bond acceptors (Lipinski definition) is 4. The van der Waals surface area contributed by atoms with Gasteiger partial charge in [-0.3, -0.25) is 9.79 Å². The molecular weight excluding hydrogens is 264 g/mol. The lowest BCUT2D eigenvalue weighted by atomic mass is 9.79. The van der Waals surface area contributed by atoms with Crippen LogP contribution in [0.2, 0.25) is 0 Å². The number of amides is 1. The first kappa shape index (κ1) is 13.4. The average Bonchev–Trinajstić information content (AvgIpc) is 2.91. The molecule has 5 nitrogen and oxygen atoms in total. The molecule has 1 aromatic rings. The first-order valence-corrected chi connectivity index (χ1v) is 7.01. The molecule has 0 spiro atoms. The summed E-state index contributed by atoms with van der Waals surface area (Å²) in [5.41, 5.74) is 1.87. The van der Waals surface area contributed by atoms with Crippen LogP contribution in [0.15, 0.2) is 47.1 Å². The van der Waals surface area contributed by atoms with Crippen molar-refractivity contribution in [3.05, 3.63) is 47.7 Å². The third-order valence-corrected chi connectivity index (χ3v) is 3.90. The van der Waals surface area contributed by atoms with Crippen molar-refractivity contribution in [2.45, 2.75) is 24.9 Å². The molecule has 0 aromatic heterocycles. The van der Waals surface area contributed by atoms with Gasteiger partial charge in [0.15, 0.2) is 6.19 Å². The monoisotopic (exact) mass is 280 g/mol. The highest BCUT2D eigenvalue weighted by Gasteiger charge is 2.34. The molecule has 1 heterocycles. The zero-order chi connectivity index (χ0) is 14.7. The highest BCUT2D eigenvalue weighted by molar-refractivity contribution is 5.91. The lowest BCUT2D eigenvalue weighted by Crippen LogP contribution is -2.46. The second-order valence-corrected chi connectivity index (χ2v) is 5.37. The lowest BCUT2D eigenvalue weighted by Gasteiger charge is -2.32. The Labute approximate surface area is 123 Å². The maximum atomic E-state index is 12.0. The molecule has 2 N–H and O–H groups in total. The summed E-state index contributed by atoms with van der Waals surface area (Å²) in [6, 6.07) is 10.1. The second kappa shape index (κ2) is 5.80. The minimum atomic E-state index is -0.0177. The van der Waals surface area contributed by atoms with E-state index in [2.05, 4.69) is 15.6 Å². The molecule has 0 radical (unpaired) electrons. The van der Waals surface area contributed by atoms with Crippen LogP contribution in [0.1, 0.15) is 24.4 Å². The third kappa shape index (κ3) is 2.95. The summed E-state index contributed by atoms with van der Waals surface area (Å²) in [6.07, 6.45) is 7.00. The van der Waals surface area contributed by atoms with E-state index in [1.165, 1.54) is 0 Å². The number of benzene rings is 1. The molecule has 0 bridgehead atoms. The smallest absolute Gasteiger partial charge is 0.227 e. The van der Waals surface area contributed by atoms with Gasteiger partial charge in [-0.1, -0.05) is 30.3 Å². The van der Waals surface area contributed by atoms with Crippen LogP contribution < -0.4 is 10.6 Å². The Balaban J connectivity index is 1.54. The second-order valence-electron chi connectivity index (χ2n) is 5.37. The number of nitrogens with zero attached hydrogens (tertiary/aromatic N) is 2. The molecule has 1 atom stereocenters. The third-order valence-electron chi connectivity index (χ3n) is 3.90. The molecule has 21 heavy (non-hydrogen) atoms. The lowest BCUT2D eigenvalue weighted by molar-refractivity contribution is -0.127. The van der Waals surface area contributed by atoms with Crippen LogP contribution in [0.25, 0.3) is 0 Å². The van der Waals surface area contributed by atoms with Crippen LogP contribution in [0.3, 0.4) is 0 Å². The Hall–Kier alpha value is -2.61. The number of nitrogens with one attached hydrogen (secondary N) is 2. The Morgan fingerprint density at radius 3 is 2.76 bits per heavy atom. The van der Waals surface area contributed by atoms with Crippen LogP contribution in [-0.4, -0.2) is 18.2 Å². The van der Waals surface area contributed by atoms with Crippen molar-refractivity contribution < 1.29 is 4.79 Å². The Bertz CT molecular complexity index is 623. The molecule has 1 amide bonds. The number of carbonyl (C=O) groups is 1. The minimum Gasteiger partial charge on any atom is -0.325 e. The van der Waals surface area contributed by atoms with Crippen LogP contribution in [-0.2, 0) is 4.79 Å². The molecule has 106 valence electrons. The van der Waals surface area contributed by atoms with Crippen LogP contribution in [0.4, 0.5) is 0 Å². The van der Waals surface area contributed by atoms with Crippen LogP contribution >= 0.6 is 0 Å². The van der Waals surface area contributed by atoms with Gasteiger partial charge in [0.2, 0.25) is 5.91 Å². The average molecular weight is 280 g/mol. The predicted octanol–water partition coefficient (Wildman–Crippen LogP) is 1.66. The van der Waals surface area contributed by atoms with Gasteiger partial charge >= 0.3 is 0 Å². The first-order valence-electron chi connectivity index (χ1n) is 7.01. The number of nitriles is 1. The summed E-state index contributed by atoms with van der Waals surface area (Å²) in [5.74, 6) is -0.00155. The van der Waals surface area contributed by atoms with Crippen LogP contribution in [0.5, 0.6) is 0 Å². The van der Waals surface area contributed by atoms with Gasteiger partial charge in [-0.15, -0.1) is 0 Å². The summed E-state index contributed by atoms with van der Waals surface area (Å²) in [4.78, 5) is 16.5. The van der Waals surface area contributed by atoms with E-state index < -0.39 is 0 Å². The SMILES string of the molecule is N#CN[C@H]1C[C@H](C(=O)NC2=CC(c3ccccc3)N=C2)C1.